The number of rotatable bonds is 6. The summed E-state index contributed by atoms with van der Waals surface area (Å²) in [6.45, 7) is 10.0. The van der Waals surface area contributed by atoms with Crippen molar-refractivity contribution >= 4 is 28.3 Å². The van der Waals surface area contributed by atoms with Gasteiger partial charge < -0.3 is 15.6 Å². The van der Waals surface area contributed by atoms with Crippen LogP contribution in [0.2, 0.25) is 0 Å². The fraction of sp³-hybridized carbons (Fsp3) is 0.300. The molecule has 0 spiro atoms. The average Bonchev–Trinajstić information content (AvgIpc) is 3.25. The molecule has 0 aliphatic rings. The van der Waals surface area contributed by atoms with Crippen LogP contribution in [0.4, 0.5) is 5.82 Å². The zero-order chi connectivity index (χ0) is 20.5. The second-order valence-corrected chi connectivity index (χ2v) is 7.30. The van der Waals surface area contributed by atoms with Crippen LogP contribution in [0.25, 0.3) is 16.6 Å². The summed E-state index contributed by atoms with van der Waals surface area (Å²) in [4.78, 5) is 21.0. The number of nitrogens with zero attached hydrogens (tertiary/aromatic N) is 5. The molecule has 146 valence electrons. The second-order valence-electron chi connectivity index (χ2n) is 7.30. The van der Waals surface area contributed by atoms with Gasteiger partial charge in [-0.2, -0.15) is 5.10 Å². The number of aromatic nitrogens is 5. The SMILES string of the molecule is C=CC=C(C)c1nn(C(C)(C)CNC(=O)c2cccn2C)c2ncnc(N)c12. The molecule has 8 heteroatoms. The molecular formula is C20H25N7O. The van der Waals surface area contributed by atoms with Gasteiger partial charge in [-0.05, 0) is 38.5 Å². The molecule has 0 bridgehead atoms. The number of nitrogens with one attached hydrogen (secondary N) is 1. The third kappa shape index (κ3) is 3.40. The molecular weight excluding hydrogens is 354 g/mol. The Morgan fingerprint density at radius 1 is 1.39 bits per heavy atom. The first-order chi connectivity index (χ1) is 13.3. The lowest BCUT2D eigenvalue weighted by Gasteiger charge is -2.26. The standard InChI is InChI=1S/C20H25N7O/c1-6-8-13(2)16-15-17(21)23-12-24-18(15)27(25-16)20(3,4)11-22-19(28)14-9-7-10-26(14)5/h6-10,12H,1,11H2,2-5H3,(H,22,28)(H2,21,23,24). The summed E-state index contributed by atoms with van der Waals surface area (Å²) in [5.74, 6) is 0.223. The first-order valence-corrected chi connectivity index (χ1v) is 8.95. The number of carbonyl (C=O) groups is 1. The molecule has 3 N–H and O–H groups in total. The van der Waals surface area contributed by atoms with E-state index in [4.69, 9.17) is 10.8 Å². The van der Waals surface area contributed by atoms with Crippen molar-refractivity contribution in [2.75, 3.05) is 12.3 Å². The molecule has 0 saturated heterocycles. The minimum atomic E-state index is -0.549. The van der Waals surface area contributed by atoms with E-state index in [0.29, 0.717) is 34.8 Å². The highest BCUT2D eigenvalue weighted by molar-refractivity contribution is 5.95. The van der Waals surface area contributed by atoms with Crippen LogP contribution in [0.3, 0.4) is 0 Å². The van der Waals surface area contributed by atoms with E-state index in [1.54, 1.807) is 21.4 Å². The lowest BCUT2D eigenvalue weighted by molar-refractivity contribution is 0.0928. The molecule has 0 fully saturated rings. The van der Waals surface area contributed by atoms with Gasteiger partial charge in [-0.1, -0.05) is 18.7 Å². The van der Waals surface area contributed by atoms with Crippen LogP contribution in [0.15, 0.2) is 43.4 Å². The molecule has 3 aromatic rings. The van der Waals surface area contributed by atoms with Crippen molar-refractivity contribution in [2.45, 2.75) is 26.3 Å². The number of hydrogen-bond acceptors (Lipinski definition) is 5. The smallest absolute Gasteiger partial charge is 0.267 e. The van der Waals surface area contributed by atoms with Gasteiger partial charge in [0.05, 0.1) is 10.9 Å². The number of allylic oxidation sites excluding steroid dienone is 3. The summed E-state index contributed by atoms with van der Waals surface area (Å²) in [5, 5.41) is 8.44. The van der Waals surface area contributed by atoms with Gasteiger partial charge in [0, 0.05) is 19.8 Å². The Hall–Kier alpha value is -3.42. The number of carbonyl (C=O) groups excluding carboxylic acids is 1. The molecule has 0 aliphatic heterocycles. The third-order valence-electron chi connectivity index (χ3n) is 4.67. The fourth-order valence-electron chi connectivity index (χ4n) is 3.09. The van der Waals surface area contributed by atoms with E-state index in [-0.39, 0.29) is 5.91 Å². The molecule has 0 unspecified atom stereocenters. The van der Waals surface area contributed by atoms with Crippen LogP contribution in [0, 0.1) is 0 Å². The van der Waals surface area contributed by atoms with Gasteiger partial charge in [-0.25, -0.2) is 14.6 Å². The van der Waals surface area contributed by atoms with E-state index < -0.39 is 5.54 Å². The van der Waals surface area contributed by atoms with Crippen LogP contribution in [0.1, 0.15) is 37.0 Å². The van der Waals surface area contributed by atoms with Crippen molar-refractivity contribution in [1.82, 2.24) is 29.6 Å². The normalized spacial score (nSPS) is 12.4. The van der Waals surface area contributed by atoms with Gasteiger partial charge in [-0.15, -0.1) is 0 Å². The van der Waals surface area contributed by atoms with Crippen LogP contribution in [-0.4, -0.2) is 36.8 Å². The summed E-state index contributed by atoms with van der Waals surface area (Å²) >= 11 is 0. The highest BCUT2D eigenvalue weighted by Gasteiger charge is 2.28. The van der Waals surface area contributed by atoms with Crippen LogP contribution >= 0.6 is 0 Å². The lowest BCUT2D eigenvalue weighted by Crippen LogP contribution is -2.42. The number of anilines is 1. The zero-order valence-electron chi connectivity index (χ0n) is 16.6. The fourth-order valence-corrected chi connectivity index (χ4v) is 3.09. The Morgan fingerprint density at radius 2 is 2.14 bits per heavy atom. The topological polar surface area (TPSA) is 104 Å². The van der Waals surface area contributed by atoms with Crippen LogP contribution < -0.4 is 11.1 Å². The maximum atomic E-state index is 12.5. The summed E-state index contributed by atoms with van der Waals surface area (Å²) in [6.07, 6.45) is 6.82. The highest BCUT2D eigenvalue weighted by Crippen LogP contribution is 2.30. The Bertz CT molecular complexity index is 1070. The zero-order valence-corrected chi connectivity index (χ0v) is 16.6. The number of amides is 1. The van der Waals surface area contributed by atoms with E-state index in [1.807, 2.05) is 46.2 Å². The van der Waals surface area contributed by atoms with Gasteiger partial charge in [0.25, 0.3) is 5.91 Å². The van der Waals surface area contributed by atoms with Gasteiger partial charge in [0.2, 0.25) is 0 Å². The Labute approximate surface area is 163 Å². The lowest BCUT2D eigenvalue weighted by atomic mass is 10.1. The van der Waals surface area contributed by atoms with Crippen LogP contribution in [0.5, 0.6) is 0 Å². The monoisotopic (exact) mass is 379 g/mol. The number of nitrogen functional groups attached to an aromatic ring is 1. The molecule has 3 rings (SSSR count). The molecule has 1 amide bonds. The van der Waals surface area contributed by atoms with Crippen LogP contribution in [-0.2, 0) is 12.6 Å². The minimum Gasteiger partial charge on any atom is -0.383 e. The molecule has 3 heterocycles. The molecule has 0 aromatic carbocycles. The van der Waals surface area contributed by atoms with Gasteiger partial charge in [0.15, 0.2) is 5.65 Å². The van der Waals surface area contributed by atoms with Gasteiger partial charge >= 0.3 is 0 Å². The Morgan fingerprint density at radius 3 is 2.79 bits per heavy atom. The number of aryl methyl sites for hydroxylation is 1. The molecule has 0 aliphatic carbocycles. The molecule has 0 atom stereocenters. The summed E-state index contributed by atoms with van der Waals surface area (Å²) in [6, 6.07) is 3.61. The predicted molar refractivity (Wildman–Crippen MR) is 111 cm³/mol. The summed E-state index contributed by atoms with van der Waals surface area (Å²) < 4.78 is 3.57. The molecule has 0 saturated carbocycles. The largest absolute Gasteiger partial charge is 0.383 e. The van der Waals surface area contributed by atoms with Gasteiger partial charge in [0.1, 0.15) is 23.5 Å². The number of hydrogen-bond donors (Lipinski definition) is 2. The molecule has 3 aromatic heterocycles. The quantitative estimate of drug-likeness (QED) is 0.641. The van der Waals surface area contributed by atoms with E-state index in [0.717, 1.165) is 5.57 Å². The van der Waals surface area contributed by atoms with Crippen molar-refractivity contribution in [3.8, 4) is 0 Å². The molecule has 28 heavy (non-hydrogen) atoms. The maximum Gasteiger partial charge on any atom is 0.267 e. The van der Waals surface area contributed by atoms with Crippen molar-refractivity contribution in [3.05, 3.63) is 54.8 Å². The third-order valence-corrected chi connectivity index (χ3v) is 4.67. The first-order valence-electron chi connectivity index (χ1n) is 8.95. The van der Waals surface area contributed by atoms with Crippen molar-refractivity contribution in [2.24, 2.45) is 7.05 Å². The van der Waals surface area contributed by atoms with Crippen molar-refractivity contribution in [3.63, 3.8) is 0 Å². The van der Waals surface area contributed by atoms with Crippen molar-refractivity contribution in [1.29, 1.82) is 0 Å². The first kappa shape index (κ1) is 19.3. The average molecular weight is 379 g/mol. The summed E-state index contributed by atoms with van der Waals surface area (Å²) in [7, 11) is 1.84. The predicted octanol–water partition coefficient (Wildman–Crippen LogP) is 2.50. The minimum absolute atomic E-state index is 0.144. The van der Waals surface area contributed by atoms with E-state index >= 15 is 0 Å². The van der Waals surface area contributed by atoms with Crippen molar-refractivity contribution < 1.29 is 4.79 Å². The molecule has 0 radical (unpaired) electrons. The van der Waals surface area contributed by atoms with E-state index in [2.05, 4.69) is 21.9 Å². The number of nitrogens with two attached hydrogens (primary N) is 1. The number of fused-ring (bicyclic) bond motifs is 1. The van der Waals surface area contributed by atoms with E-state index in [1.165, 1.54) is 6.33 Å². The molecule has 8 nitrogen and oxygen atoms in total. The Balaban J connectivity index is 1.98. The van der Waals surface area contributed by atoms with Gasteiger partial charge in [-0.3, -0.25) is 4.79 Å². The van der Waals surface area contributed by atoms with E-state index in [9.17, 15) is 4.79 Å². The Kier molecular flexibility index (Phi) is 5.04. The maximum absolute atomic E-state index is 12.5. The second kappa shape index (κ2) is 7.30. The summed E-state index contributed by atoms with van der Waals surface area (Å²) in [5.41, 5.74) is 8.40. The highest BCUT2D eigenvalue weighted by atomic mass is 16.1.